The van der Waals surface area contributed by atoms with E-state index >= 15 is 0 Å². The highest BCUT2D eigenvalue weighted by Gasteiger charge is 2.37. The summed E-state index contributed by atoms with van der Waals surface area (Å²) in [6.07, 6.45) is 1.95. The fourth-order valence-electron chi connectivity index (χ4n) is 2.37. The Morgan fingerprint density at radius 3 is 3.25 bits per heavy atom. The molecule has 0 bridgehead atoms. The number of fused-ring (bicyclic) bond motifs is 3. The first-order valence-corrected chi connectivity index (χ1v) is 5.42. The van der Waals surface area contributed by atoms with Crippen molar-refractivity contribution in [2.75, 3.05) is 23.9 Å². The molecule has 2 aliphatic rings. The number of carbonyl (C=O) groups is 1. The smallest absolute Gasteiger partial charge is 0.247 e. The van der Waals surface area contributed by atoms with Gasteiger partial charge in [-0.05, 0) is 18.9 Å². The van der Waals surface area contributed by atoms with Crippen LogP contribution < -0.4 is 15.0 Å². The van der Waals surface area contributed by atoms with Crippen LogP contribution in [0, 0.1) is 0 Å². The average molecular weight is 219 g/mol. The number of methoxy groups -OCH3 is 1. The van der Waals surface area contributed by atoms with Crippen LogP contribution in [0.5, 0.6) is 5.88 Å². The van der Waals surface area contributed by atoms with Crippen LogP contribution in [0.2, 0.25) is 0 Å². The van der Waals surface area contributed by atoms with Crippen molar-refractivity contribution < 1.29 is 9.53 Å². The number of amides is 1. The van der Waals surface area contributed by atoms with Crippen LogP contribution in [-0.4, -0.2) is 30.6 Å². The number of aromatic nitrogens is 1. The summed E-state index contributed by atoms with van der Waals surface area (Å²) in [6.45, 7) is 0.894. The molecule has 0 saturated carbocycles. The second-order valence-electron chi connectivity index (χ2n) is 4.07. The second-order valence-corrected chi connectivity index (χ2v) is 4.07. The first kappa shape index (κ1) is 9.45. The summed E-state index contributed by atoms with van der Waals surface area (Å²) < 4.78 is 5.11. The molecule has 1 aromatic heterocycles. The molecule has 1 aromatic rings. The van der Waals surface area contributed by atoms with E-state index < -0.39 is 0 Å². The molecule has 2 aliphatic heterocycles. The number of pyridine rings is 1. The van der Waals surface area contributed by atoms with Gasteiger partial charge in [-0.3, -0.25) is 4.79 Å². The van der Waals surface area contributed by atoms with Gasteiger partial charge in [0.2, 0.25) is 11.8 Å². The fraction of sp³-hybridized carbons (Fsp3) is 0.455. The van der Waals surface area contributed by atoms with Gasteiger partial charge in [-0.15, -0.1) is 0 Å². The Bertz CT molecular complexity index is 447. The number of nitrogens with zero attached hydrogens (tertiary/aromatic N) is 2. The minimum absolute atomic E-state index is 0.0490. The number of carbonyl (C=O) groups excluding carboxylic acids is 1. The monoisotopic (exact) mass is 219 g/mol. The van der Waals surface area contributed by atoms with Gasteiger partial charge >= 0.3 is 0 Å². The van der Waals surface area contributed by atoms with Crippen molar-refractivity contribution in [3.63, 3.8) is 0 Å². The molecule has 1 N–H and O–H groups in total. The Morgan fingerprint density at radius 1 is 1.56 bits per heavy atom. The van der Waals surface area contributed by atoms with Crippen LogP contribution in [0.4, 0.5) is 11.5 Å². The SMILES string of the molecule is COc1ccc2c(n1)N1CCCC1C(=O)N2. The van der Waals surface area contributed by atoms with E-state index in [2.05, 4.69) is 15.2 Å². The van der Waals surface area contributed by atoms with Crippen molar-refractivity contribution in [2.24, 2.45) is 0 Å². The van der Waals surface area contributed by atoms with Crippen LogP contribution in [0.1, 0.15) is 12.8 Å². The number of hydrogen-bond donors (Lipinski definition) is 1. The van der Waals surface area contributed by atoms with Gasteiger partial charge in [0.25, 0.3) is 0 Å². The normalized spacial score (nSPS) is 22.4. The maximum absolute atomic E-state index is 11.8. The minimum Gasteiger partial charge on any atom is -0.481 e. The number of hydrogen-bond acceptors (Lipinski definition) is 4. The largest absolute Gasteiger partial charge is 0.481 e. The highest BCUT2D eigenvalue weighted by Crippen LogP contribution is 2.36. The Labute approximate surface area is 93.4 Å². The molecule has 0 radical (unpaired) electrons. The molecule has 0 aliphatic carbocycles. The minimum atomic E-state index is -0.0490. The summed E-state index contributed by atoms with van der Waals surface area (Å²) in [5, 5.41) is 2.88. The van der Waals surface area contributed by atoms with Gasteiger partial charge in [-0.25, -0.2) is 0 Å². The quantitative estimate of drug-likeness (QED) is 0.766. The maximum Gasteiger partial charge on any atom is 0.247 e. The van der Waals surface area contributed by atoms with E-state index in [9.17, 15) is 4.79 Å². The third kappa shape index (κ3) is 1.24. The van der Waals surface area contributed by atoms with Crippen LogP contribution in [0.25, 0.3) is 0 Å². The summed E-state index contributed by atoms with van der Waals surface area (Å²) in [5.41, 5.74) is 0.781. The average Bonchev–Trinajstić information content (AvgIpc) is 2.78. The summed E-state index contributed by atoms with van der Waals surface area (Å²) in [5.74, 6) is 1.50. The van der Waals surface area contributed by atoms with Gasteiger partial charge in [0.05, 0.1) is 12.8 Å². The molecule has 0 spiro atoms. The van der Waals surface area contributed by atoms with Gasteiger partial charge in [0.15, 0.2) is 5.82 Å². The van der Waals surface area contributed by atoms with Gasteiger partial charge < -0.3 is 15.0 Å². The molecule has 1 atom stereocenters. The van der Waals surface area contributed by atoms with Gasteiger partial charge in [-0.1, -0.05) is 0 Å². The zero-order chi connectivity index (χ0) is 11.1. The highest BCUT2D eigenvalue weighted by molar-refractivity contribution is 6.03. The van der Waals surface area contributed by atoms with Gasteiger partial charge in [-0.2, -0.15) is 4.98 Å². The number of rotatable bonds is 1. The van der Waals surface area contributed by atoms with Crippen molar-refractivity contribution in [2.45, 2.75) is 18.9 Å². The van der Waals surface area contributed by atoms with Crippen molar-refractivity contribution in [1.29, 1.82) is 0 Å². The van der Waals surface area contributed by atoms with E-state index in [1.54, 1.807) is 13.2 Å². The third-order valence-corrected chi connectivity index (χ3v) is 3.14. The fourth-order valence-corrected chi connectivity index (χ4v) is 2.37. The zero-order valence-electron chi connectivity index (χ0n) is 9.06. The lowest BCUT2D eigenvalue weighted by atomic mass is 10.1. The van der Waals surface area contributed by atoms with E-state index in [0.29, 0.717) is 5.88 Å². The molecule has 16 heavy (non-hydrogen) atoms. The molecule has 1 saturated heterocycles. The third-order valence-electron chi connectivity index (χ3n) is 3.14. The lowest BCUT2D eigenvalue weighted by Gasteiger charge is -2.31. The zero-order valence-corrected chi connectivity index (χ0v) is 9.06. The van der Waals surface area contributed by atoms with Gasteiger partial charge in [0.1, 0.15) is 6.04 Å². The summed E-state index contributed by atoms with van der Waals surface area (Å²) in [6, 6.07) is 3.55. The van der Waals surface area contributed by atoms with Crippen molar-refractivity contribution in [3.8, 4) is 5.88 Å². The maximum atomic E-state index is 11.8. The molecule has 0 aromatic carbocycles. The molecule has 1 unspecified atom stereocenters. The molecule has 5 heteroatoms. The topological polar surface area (TPSA) is 54.5 Å². The Kier molecular flexibility index (Phi) is 1.99. The Morgan fingerprint density at radius 2 is 2.44 bits per heavy atom. The molecular formula is C11H13N3O2. The van der Waals surface area contributed by atoms with Crippen molar-refractivity contribution >= 4 is 17.4 Å². The lowest BCUT2D eigenvalue weighted by Crippen LogP contribution is -2.44. The molecule has 5 nitrogen and oxygen atoms in total. The molecule has 3 heterocycles. The van der Waals surface area contributed by atoms with E-state index in [1.165, 1.54) is 0 Å². The van der Waals surface area contributed by atoms with Crippen molar-refractivity contribution in [3.05, 3.63) is 12.1 Å². The molecular weight excluding hydrogens is 206 g/mol. The van der Waals surface area contributed by atoms with Gasteiger partial charge in [0, 0.05) is 12.6 Å². The van der Waals surface area contributed by atoms with Crippen LogP contribution in [0.3, 0.4) is 0 Å². The lowest BCUT2D eigenvalue weighted by molar-refractivity contribution is -0.117. The van der Waals surface area contributed by atoms with E-state index in [1.807, 2.05) is 6.07 Å². The molecule has 84 valence electrons. The number of ether oxygens (including phenoxy) is 1. The van der Waals surface area contributed by atoms with Crippen LogP contribution in [-0.2, 0) is 4.79 Å². The van der Waals surface area contributed by atoms with E-state index in [0.717, 1.165) is 30.9 Å². The summed E-state index contributed by atoms with van der Waals surface area (Å²) >= 11 is 0. The molecule has 1 fully saturated rings. The van der Waals surface area contributed by atoms with Crippen molar-refractivity contribution in [1.82, 2.24) is 4.98 Å². The standard InChI is InChI=1S/C11H13N3O2/c1-16-9-5-4-7-10(13-9)14-6-2-3-8(14)11(15)12-7/h4-5,8H,2-3,6H2,1H3,(H,12,15). The van der Waals surface area contributed by atoms with Crippen LogP contribution in [0.15, 0.2) is 12.1 Å². The predicted octanol–water partition coefficient (Wildman–Crippen LogP) is 1.01. The summed E-state index contributed by atoms with van der Waals surface area (Å²) in [4.78, 5) is 18.2. The second kappa shape index (κ2) is 3.37. The Hall–Kier alpha value is -1.78. The summed E-state index contributed by atoms with van der Waals surface area (Å²) in [7, 11) is 1.59. The highest BCUT2D eigenvalue weighted by atomic mass is 16.5. The van der Waals surface area contributed by atoms with E-state index in [-0.39, 0.29) is 11.9 Å². The predicted molar refractivity (Wildman–Crippen MR) is 59.8 cm³/mol. The van der Waals surface area contributed by atoms with Crippen LogP contribution >= 0.6 is 0 Å². The first-order valence-electron chi connectivity index (χ1n) is 5.42. The Balaban J connectivity index is 2.08. The molecule has 3 rings (SSSR count). The molecule has 1 amide bonds. The number of anilines is 2. The van der Waals surface area contributed by atoms with E-state index in [4.69, 9.17) is 4.74 Å². The first-order chi connectivity index (χ1) is 7.79. The number of nitrogens with one attached hydrogen (secondary N) is 1.